The number of rotatable bonds is 4. The first-order chi connectivity index (χ1) is 16.2. The second-order valence-electron chi connectivity index (χ2n) is 9.94. The molecular formula is C30H32N2O. The maximum absolute atomic E-state index is 10.4. The molecule has 1 aliphatic carbocycles. The van der Waals surface area contributed by atoms with E-state index in [9.17, 15) is 5.11 Å². The average molecular weight is 437 g/mol. The summed E-state index contributed by atoms with van der Waals surface area (Å²) in [5.74, 6) is 0.936. The quantitative estimate of drug-likeness (QED) is 0.440. The Morgan fingerprint density at radius 1 is 0.970 bits per heavy atom. The fourth-order valence-electron chi connectivity index (χ4n) is 6.57. The van der Waals surface area contributed by atoms with Gasteiger partial charge in [-0.3, -0.25) is 0 Å². The van der Waals surface area contributed by atoms with E-state index in [0.29, 0.717) is 11.7 Å². The summed E-state index contributed by atoms with van der Waals surface area (Å²) in [6, 6.07) is 27.9. The molecule has 1 N–H and O–H groups in total. The first kappa shape index (κ1) is 20.6. The third kappa shape index (κ3) is 3.38. The van der Waals surface area contributed by atoms with E-state index in [4.69, 9.17) is 0 Å². The Labute approximate surface area is 196 Å². The van der Waals surface area contributed by atoms with Crippen molar-refractivity contribution in [3.8, 4) is 5.75 Å². The summed E-state index contributed by atoms with van der Waals surface area (Å²) >= 11 is 0. The van der Waals surface area contributed by atoms with Crippen molar-refractivity contribution >= 4 is 10.9 Å². The van der Waals surface area contributed by atoms with E-state index in [1.807, 2.05) is 12.1 Å². The zero-order valence-electron chi connectivity index (χ0n) is 19.4. The molecule has 33 heavy (non-hydrogen) atoms. The Bertz CT molecular complexity index is 1290. The van der Waals surface area contributed by atoms with Crippen LogP contribution in [0.15, 0.2) is 78.9 Å². The molecule has 0 amide bonds. The van der Waals surface area contributed by atoms with Gasteiger partial charge in [0.1, 0.15) is 5.75 Å². The van der Waals surface area contributed by atoms with Crippen LogP contribution in [-0.4, -0.2) is 34.2 Å². The van der Waals surface area contributed by atoms with Gasteiger partial charge in [0.2, 0.25) is 0 Å². The Balaban J connectivity index is 1.53. The minimum Gasteiger partial charge on any atom is -0.508 e. The molecule has 4 aromatic rings. The number of piperidine rings is 1. The number of phenolic OH excluding ortho intramolecular Hbond substituents is 1. The molecule has 2 atom stereocenters. The van der Waals surface area contributed by atoms with Gasteiger partial charge in [0.25, 0.3) is 0 Å². The van der Waals surface area contributed by atoms with Crippen molar-refractivity contribution in [2.24, 2.45) is 5.92 Å². The van der Waals surface area contributed by atoms with Crippen molar-refractivity contribution in [2.45, 2.75) is 38.1 Å². The van der Waals surface area contributed by atoms with Gasteiger partial charge in [-0.25, -0.2) is 0 Å². The number of nitrogens with zero attached hydrogens (tertiary/aromatic N) is 2. The van der Waals surface area contributed by atoms with Crippen LogP contribution in [0.3, 0.4) is 0 Å². The number of likely N-dealkylation sites (tertiary alicyclic amines) is 1. The molecule has 0 spiro atoms. The Hall–Kier alpha value is -3.04. The van der Waals surface area contributed by atoms with Crippen LogP contribution in [0, 0.1) is 5.92 Å². The van der Waals surface area contributed by atoms with Crippen LogP contribution in [0.1, 0.15) is 35.7 Å². The van der Waals surface area contributed by atoms with Crippen LogP contribution < -0.4 is 0 Å². The highest BCUT2D eigenvalue weighted by atomic mass is 16.3. The number of para-hydroxylation sites is 1. The van der Waals surface area contributed by atoms with E-state index in [0.717, 1.165) is 45.4 Å². The minimum absolute atomic E-state index is 0.0697. The Morgan fingerprint density at radius 2 is 1.79 bits per heavy atom. The zero-order valence-corrected chi connectivity index (χ0v) is 19.4. The van der Waals surface area contributed by atoms with Gasteiger partial charge in [-0.15, -0.1) is 0 Å². The molecule has 2 unspecified atom stereocenters. The Morgan fingerprint density at radius 3 is 2.61 bits per heavy atom. The molecule has 2 aliphatic rings. The maximum Gasteiger partial charge on any atom is 0.115 e. The monoisotopic (exact) mass is 436 g/mol. The van der Waals surface area contributed by atoms with Gasteiger partial charge in [0, 0.05) is 35.1 Å². The van der Waals surface area contributed by atoms with E-state index in [1.165, 1.54) is 27.7 Å². The van der Waals surface area contributed by atoms with E-state index < -0.39 is 0 Å². The summed E-state index contributed by atoms with van der Waals surface area (Å²) in [6.45, 7) is 6.54. The third-order valence-corrected chi connectivity index (χ3v) is 8.31. The molecule has 3 heteroatoms. The van der Waals surface area contributed by atoms with Crippen LogP contribution in [0.2, 0.25) is 0 Å². The number of benzene rings is 3. The molecule has 168 valence electrons. The normalized spacial score (nSPS) is 22.8. The van der Waals surface area contributed by atoms with Gasteiger partial charge in [-0.1, -0.05) is 67.6 Å². The first-order valence-electron chi connectivity index (χ1n) is 12.3. The van der Waals surface area contributed by atoms with Gasteiger partial charge >= 0.3 is 0 Å². The molecule has 1 aliphatic heterocycles. The molecule has 0 saturated carbocycles. The average Bonchev–Trinajstić information content (AvgIpc) is 3.15. The molecule has 6 rings (SSSR count). The van der Waals surface area contributed by atoms with Gasteiger partial charge in [-0.05, 0) is 73.2 Å². The van der Waals surface area contributed by atoms with Crippen molar-refractivity contribution < 1.29 is 5.11 Å². The highest BCUT2D eigenvalue weighted by molar-refractivity contribution is 5.86. The topological polar surface area (TPSA) is 28.4 Å². The lowest BCUT2D eigenvalue weighted by molar-refractivity contribution is 0.0843. The summed E-state index contributed by atoms with van der Waals surface area (Å²) in [5.41, 5.74) is 7.11. The van der Waals surface area contributed by atoms with Crippen LogP contribution in [0.4, 0.5) is 0 Å². The fourth-order valence-corrected chi connectivity index (χ4v) is 6.57. The van der Waals surface area contributed by atoms with E-state index in [2.05, 4.69) is 77.1 Å². The van der Waals surface area contributed by atoms with Gasteiger partial charge in [0.15, 0.2) is 0 Å². The molecule has 1 fully saturated rings. The fraction of sp³-hybridized carbons (Fsp3) is 0.333. The van der Waals surface area contributed by atoms with Gasteiger partial charge in [-0.2, -0.15) is 0 Å². The molecule has 1 aromatic heterocycles. The van der Waals surface area contributed by atoms with Gasteiger partial charge in [0.05, 0.1) is 0 Å². The second-order valence-corrected chi connectivity index (χ2v) is 9.94. The summed E-state index contributed by atoms with van der Waals surface area (Å²) in [6.07, 6.45) is 3.28. The predicted octanol–water partition coefficient (Wildman–Crippen LogP) is 5.77. The summed E-state index contributed by atoms with van der Waals surface area (Å²) in [5, 5.41) is 11.8. The predicted molar refractivity (Wildman–Crippen MR) is 135 cm³/mol. The molecule has 0 bridgehead atoms. The highest BCUT2D eigenvalue weighted by Crippen LogP contribution is 2.50. The van der Waals surface area contributed by atoms with Gasteiger partial charge < -0.3 is 14.6 Å². The molecule has 3 nitrogen and oxygen atoms in total. The SMILES string of the molecule is CCN1CCC2(c3cccc(O)c3)Cc3c(c4ccccc4n3Cc3ccccc3)CC2C1. The number of hydrogen-bond donors (Lipinski definition) is 1. The smallest absolute Gasteiger partial charge is 0.115 e. The minimum atomic E-state index is 0.0697. The maximum atomic E-state index is 10.4. The van der Waals surface area contributed by atoms with Crippen molar-refractivity contribution in [1.82, 2.24) is 9.47 Å². The lowest BCUT2D eigenvalue weighted by Crippen LogP contribution is -2.53. The van der Waals surface area contributed by atoms with Crippen LogP contribution in [-0.2, 0) is 24.8 Å². The lowest BCUT2D eigenvalue weighted by atomic mass is 9.58. The summed E-state index contributed by atoms with van der Waals surface area (Å²) in [4.78, 5) is 2.61. The first-order valence-corrected chi connectivity index (χ1v) is 12.3. The molecule has 1 saturated heterocycles. The highest BCUT2D eigenvalue weighted by Gasteiger charge is 2.48. The molecule has 0 radical (unpaired) electrons. The second kappa shape index (κ2) is 8.07. The molecule has 3 aromatic carbocycles. The number of aromatic hydroxyl groups is 1. The largest absolute Gasteiger partial charge is 0.508 e. The summed E-state index contributed by atoms with van der Waals surface area (Å²) in [7, 11) is 0. The van der Waals surface area contributed by atoms with Crippen molar-refractivity contribution in [2.75, 3.05) is 19.6 Å². The van der Waals surface area contributed by atoms with E-state index in [-0.39, 0.29) is 5.41 Å². The van der Waals surface area contributed by atoms with Crippen LogP contribution in [0.5, 0.6) is 5.75 Å². The number of hydrogen-bond acceptors (Lipinski definition) is 2. The van der Waals surface area contributed by atoms with Crippen molar-refractivity contribution in [1.29, 1.82) is 0 Å². The molecule has 2 heterocycles. The number of phenols is 1. The molecular weight excluding hydrogens is 404 g/mol. The number of fused-ring (bicyclic) bond motifs is 4. The van der Waals surface area contributed by atoms with E-state index in [1.54, 1.807) is 11.6 Å². The lowest BCUT2D eigenvalue weighted by Gasteiger charge is -2.51. The Kier molecular flexibility index (Phi) is 5.03. The third-order valence-electron chi connectivity index (χ3n) is 8.31. The zero-order chi connectivity index (χ0) is 22.4. The number of aromatic nitrogens is 1. The van der Waals surface area contributed by atoms with E-state index >= 15 is 0 Å². The van der Waals surface area contributed by atoms with Crippen molar-refractivity contribution in [3.63, 3.8) is 0 Å². The standard InChI is InChI=1S/C30H32N2O/c1-2-31-16-15-30(23-11-8-12-25(33)17-23)19-29-27(18-24(30)21-31)26-13-6-7-14-28(26)32(29)20-22-9-4-3-5-10-22/h3-14,17,24,33H,2,15-16,18-21H2,1H3. The van der Waals surface area contributed by atoms with Crippen molar-refractivity contribution in [3.05, 3.63) is 101 Å². The van der Waals surface area contributed by atoms with Crippen LogP contribution >= 0.6 is 0 Å². The summed E-state index contributed by atoms with van der Waals surface area (Å²) < 4.78 is 2.58. The van der Waals surface area contributed by atoms with Crippen LogP contribution in [0.25, 0.3) is 10.9 Å².